The minimum atomic E-state index is -0.561. The molecular formula is C10H20ClNO2S. The van der Waals surface area contributed by atoms with Gasteiger partial charge in [0.2, 0.25) is 5.91 Å². The van der Waals surface area contributed by atoms with E-state index in [2.05, 4.69) is 5.32 Å². The monoisotopic (exact) mass is 253 g/mol. The lowest BCUT2D eigenvalue weighted by atomic mass is 9.95. The first-order valence-corrected chi connectivity index (χ1v) is 6.72. The van der Waals surface area contributed by atoms with Crippen molar-refractivity contribution in [3.05, 3.63) is 0 Å². The summed E-state index contributed by atoms with van der Waals surface area (Å²) in [7, 11) is 0. The number of aliphatic hydroxyl groups is 1. The van der Waals surface area contributed by atoms with E-state index in [1.54, 1.807) is 25.6 Å². The van der Waals surface area contributed by atoms with Crippen molar-refractivity contribution in [2.24, 2.45) is 5.41 Å². The summed E-state index contributed by atoms with van der Waals surface area (Å²) < 4.78 is 0. The predicted molar refractivity (Wildman–Crippen MR) is 66.5 cm³/mol. The third kappa shape index (κ3) is 4.62. The Morgan fingerprint density at radius 1 is 1.60 bits per heavy atom. The molecule has 0 aliphatic rings. The molecule has 0 aliphatic heterocycles. The standard InChI is InChI=1S/C10H20ClNO2S/c1-7(8(5-13)15-4)12-9(14)10(2,3)6-11/h7-8,13H,5-6H2,1-4H3,(H,12,14). The second-order valence-electron chi connectivity index (χ2n) is 4.24. The molecule has 3 nitrogen and oxygen atoms in total. The molecule has 0 aromatic rings. The highest BCUT2D eigenvalue weighted by Gasteiger charge is 2.29. The number of amides is 1. The average Bonchev–Trinajstić information content (AvgIpc) is 2.19. The zero-order valence-electron chi connectivity index (χ0n) is 9.71. The highest BCUT2D eigenvalue weighted by atomic mass is 35.5. The molecule has 0 fully saturated rings. The van der Waals surface area contributed by atoms with Crippen LogP contribution in [0.4, 0.5) is 0 Å². The lowest BCUT2D eigenvalue weighted by Gasteiger charge is -2.27. The molecular weight excluding hydrogens is 234 g/mol. The van der Waals surface area contributed by atoms with Gasteiger partial charge in [0.25, 0.3) is 0 Å². The minimum Gasteiger partial charge on any atom is -0.395 e. The van der Waals surface area contributed by atoms with Gasteiger partial charge in [0.05, 0.1) is 12.0 Å². The van der Waals surface area contributed by atoms with Crippen molar-refractivity contribution in [2.75, 3.05) is 18.7 Å². The van der Waals surface area contributed by atoms with Crippen molar-refractivity contribution in [3.8, 4) is 0 Å². The number of halogens is 1. The number of carbonyl (C=O) groups is 1. The number of alkyl halides is 1. The SMILES string of the molecule is CSC(CO)C(C)NC(=O)C(C)(C)CCl. The van der Waals surface area contributed by atoms with Gasteiger partial charge in [0.1, 0.15) is 0 Å². The molecule has 0 rings (SSSR count). The first kappa shape index (κ1) is 15.1. The van der Waals surface area contributed by atoms with Crippen molar-refractivity contribution in [1.29, 1.82) is 0 Å². The molecule has 1 amide bonds. The molecule has 0 radical (unpaired) electrons. The summed E-state index contributed by atoms with van der Waals surface area (Å²) >= 11 is 7.24. The highest BCUT2D eigenvalue weighted by Crippen LogP contribution is 2.18. The van der Waals surface area contributed by atoms with Gasteiger partial charge in [-0.1, -0.05) is 0 Å². The van der Waals surface area contributed by atoms with E-state index in [4.69, 9.17) is 16.7 Å². The van der Waals surface area contributed by atoms with E-state index < -0.39 is 5.41 Å². The maximum atomic E-state index is 11.8. The Balaban J connectivity index is 4.29. The van der Waals surface area contributed by atoms with E-state index in [-0.39, 0.29) is 29.7 Å². The van der Waals surface area contributed by atoms with E-state index in [9.17, 15) is 4.79 Å². The van der Waals surface area contributed by atoms with Gasteiger partial charge in [-0.05, 0) is 27.0 Å². The summed E-state index contributed by atoms with van der Waals surface area (Å²) in [5.74, 6) is 0.215. The van der Waals surface area contributed by atoms with Crippen molar-refractivity contribution in [1.82, 2.24) is 5.32 Å². The third-order valence-electron chi connectivity index (χ3n) is 2.35. The van der Waals surface area contributed by atoms with Gasteiger partial charge in [0.15, 0.2) is 0 Å². The van der Waals surface area contributed by atoms with E-state index in [0.717, 1.165) is 0 Å². The van der Waals surface area contributed by atoms with Gasteiger partial charge in [-0.15, -0.1) is 11.6 Å². The topological polar surface area (TPSA) is 49.3 Å². The molecule has 0 aromatic carbocycles. The van der Waals surface area contributed by atoms with Crippen molar-refractivity contribution in [3.63, 3.8) is 0 Å². The summed E-state index contributed by atoms with van der Waals surface area (Å²) in [6.07, 6.45) is 1.91. The first-order valence-electron chi connectivity index (χ1n) is 4.89. The normalized spacial score (nSPS) is 15.9. The van der Waals surface area contributed by atoms with Gasteiger partial charge in [0, 0.05) is 17.2 Å². The molecule has 90 valence electrons. The van der Waals surface area contributed by atoms with Crippen LogP contribution in [0, 0.1) is 5.41 Å². The number of hydrogen-bond donors (Lipinski definition) is 2. The maximum Gasteiger partial charge on any atom is 0.227 e. The number of nitrogens with one attached hydrogen (secondary N) is 1. The fraction of sp³-hybridized carbons (Fsp3) is 0.900. The molecule has 15 heavy (non-hydrogen) atoms. The largest absolute Gasteiger partial charge is 0.395 e. The van der Waals surface area contributed by atoms with E-state index in [0.29, 0.717) is 0 Å². The van der Waals surface area contributed by atoms with E-state index in [1.165, 1.54) is 0 Å². The van der Waals surface area contributed by atoms with Crippen LogP contribution in [0.2, 0.25) is 0 Å². The van der Waals surface area contributed by atoms with Crippen LogP contribution < -0.4 is 5.32 Å². The zero-order chi connectivity index (χ0) is 12.1. The molecule has 0 aromatic heterocycles. The first-order chi connectivity index (χ1) is 6.88. The minimum absolute atomic E-state index is 0.0278. The van der Waals surface area contributed by atoms with Gasteiger partial charge < -0.3 is 10.4 Å². The van der Waals surface area contributed by atoms with Crippen molar-refractivity contribution in [2.45, 2.75) is 32.1 Å². The summed E-state index contributed by atoms with van der Waals surface area (Å²) in [6, 6.07) is -0.0556. The van der Waals surface area contributed by atoms with Crippen LogP contribution in [-0.2, 0) is 4.79 Å². The maximum absolute atomic E-state index is 11.8. The quantitative estimate of drug-likeness (QED) is 0.705. The molecule has 0 aliphatic carbocycles. The Bertz CT molecular complexity index is 208. The number of thioether (sulfide) groups is 1. The highest BCUT2D eigenvalue weighted by molar-refractivity contribution is 7.99. The number of hydrogen-bond acceptors (Lipinski definition) is 3. The average molecular weight is 254 g/mol. The molecule has 0 spiro atoms. The number of rotatable bonds is 6. The molecule has 0 saturated carbocycles. The van der Waals surface area contributed by atoms with Crippen LogP contribution in [0.5, 0.6) is 0 Å². The Morgan fingerprint density at radius 2 is 2.13 bits per heavy atom. The van der Waals surface area contributed by atoms with Gasteiger partial charge >= 0.3 is 0 Å². The van der Waals surface area contributed by atoms with Crippen molar-refractivity contribution < 1.29 is 9.90 Å². The molecule has 2 unspecified atom stereocenters. The Kier molecular flexibility index (Phi) is 6.64. The molecule has 0 heterocycles. The van der Waals surface area contributed by atoms with Crippen LogP contribution in [0.25, 0.3) is 0 Å². The summed E-state index contributed by atoms with van der Waals surface area (Å²) in [5, 5.41) is 12.0. The van der Waals surface area contributed by atoms with Crippen molar-refractivity contribution >= 4 is 29.3 Å². The van der Waals surface area contributed by atoms with Crippen LogP contribution in [0.1, 0.15) is 20.8 Å². The van der Waals surface area contributed by atoms with Crippen LogP contribution in [0.3, 0.4) is 0 Å². The smallest absolute Gasteiger partial charge is 0.227 e. The molecule has 2 N–H and O–H groups in total. The molecule has 0 saturated heterocycles. The zero-order valence-corrected chi connectivity index (χ0v) is 11.3. The molecule has 2 atom stereocenters. The summed E-state index contributed by atoms with van der Waals surface area (Å²) in [5.41, 5.74) is -0.561. The second kappa shape index (κ2) is 6.61. The van der Waals surface area contributed by atoms with Gasteiger partial charge in [-0.3, -0.25) is 4.79 Å². The predicted octanol–water partition coefficient (Wildman–Crippen LogP) is 1.48. The third-order valence-corrected chi connectivity index (χ3v) is 4.18. The van der Waals surface area contributed by atoms with E-state index >= 15 is 0 Å². The summed E-state index contributed by atoms with van der Waals surface area (Å²) in [6.45, 7) is 5.55. The van der Waals surface area contributed by atoms with Crippen LogP contribution in [0.15, 0.2) is 0 Å². The van der Waals surface area contributed by atoms with Crippen LogP contribution >= 0.6 is 23.4 Å². The second-order valence-corrected chi connectivity index (χ2v) is 5.58. The van der Waals surface area contributed by atoms with Crippen LogP contribution in [-0.4, -0.2) is 41.0 Å². The summed E-state index contributed by atoms with van der Waals surface area (Å²) in [4.78, 5) is 11.8. The number of carbonyl (C=O) groups excluding carboxylic acids is 1. The lowest BCUT2D eigenvalue weighted by molar-refractivity contribution is -0.128. The number of aliphatic hydroxyl groups excluding tert-OH is 1. The molecule has 0 bridgehead atoms. The van der Waals surface area contributed by atoms with Gasteiger partial charge in [-0.25, -0.2) is 0 Å². The van der Waals surface area contributed by atoms with Gasteiger partial charge in [-0.2, -0.15) is 11.8 Å². The Labute approximate surface area is 101 Å². The van der Waals surface area contributed by atoms with E-state index in [1.807, 2.05) is 13.2 Å². The lowest BCUT2D eigenvalue weighted by Crippen LogP contribution is -2.47. The molecule has 5 heteroatoms. The fourth-order valence-corrected chi connectivity index (χ4v) is 1.74. The Hall–Kier alpha value is 0.0700. The Morgan fingerprint density at radius 3 is 2.47 bits per heavy atom. The fourth-order valence-electron chi connectivity index (χ4n) is 0.993.